The third-order valence-electron chi connectivity index (χ3n) is 10.1. The lowest BCUT2D eigenvalue weighted by Crippen LogP contribution is -2.30. The van der Waals surface area contributed by atoms with Gasteiger partial charge in [0, 0.05) is 106 Å². The number of nitro benzene ring substituents is 1. The van der Waals surface area contributed by atoms with Crippen LogP contribution in [-0.2, 0) is 6.54 Å². The average molecular weight is 835 g/mol. The maximum Gasteiger partial charge on any atom is 0.293 e. The van der Waals surface area contributed by atoms with E-state index in [2.05, 4.69) is 97.5 Å². The van der Waals surface area contributed by atoms with Gasteiger partial charge in [-0.15, -0.1) is 11.8 Å². The second-order valence-electron chi connectivity index (χ2n) is 14.1. The molecule has 1 saturated heterocycles. The molecule has 4 N–H and O–H groups in total. The van der Waals surface area contributed by atoms with Crippen LogP contribution in [0.25, 0.3) is 22.3 Å². The number of anilines is 4. The van der Waals surface area contributed by atoms with E-state index in [1.807, 2.05) is 48.5 Å². The molecular formula is C45H47ClN6O4S2. The van der Waals surface area contributed by atoms with E-state index in [0.717, 1.165) is 76.9 Å². The molecule has 1 aliphatic heterocycles. The molecule has 1 atom stereocenters. The Kier molecular flexibility index (Phi) is 14.2. The van der Waals surface area contributed by atoms with Crippen LogP contribution in [0.5, 0.6) is 0 Å². The normalized spacial score (nSPS) is 13.6. The molecule has 1 fully saturated rings. The van der Waals surface area contributed by atoms with E-state index in [1.165, 1.54) is 22.5 Å². The van der Waals surface area contributed by atoms with Crippen molar-refractivity contribution in [3.8, 4) is 22.3 Å². The Morgan fingerprint density at radius 1 is 0.776 bits per heavy atom. The topological polar surface area (TPSA) is 119 Å². The van der Waals surface area contributed by atoms with Gasteiger partial charge in [0.25, 0.3) is 5.69 Å². The molecule has 2 heterocycles. The number of aliphatic hydroxyl groups is 2. The molecule has 7 rings (SSSR count). The minimum Gasteiger partial charge on any atom is -0.394 e. The SMILES string of the molecule is O=[N+]([O-])c1cc(SNc2ccc(N3CCCN(c4cccc(-c5cn(CCC(O)CO)cc5-c5ccc(Cl)cc5)c4)CC3)cc2)ccc1NCCSc1ccccc1. The van der Waals surface area contributed by atoms with Crippen LogP contribution in [0.2, 0.25) is 5.02 Å². The van der Waals surface area contributed by atoms with Crippen molar-refractivity contribution in [3.63, 3.8) is 0 Å². The molecule has 1 aromatic heterocycles. The minimum atomic E-state index is -0.755. The number of nitrogens with one attached hydrogen (secondary N) is 2. The number of hydrogen-bond acceptors (Lipinski definition) is 10. The van der Waals surface area contributed by atoms with Crippen molar-refractivity contribution >= 4 is 63.7 Å². The molecule has 1 aliphatic rings. The first-order valence-electron chi connectivity index (χ1n) is 19.4. The summed E-state index contributed by atoms with van der Waals surface area (Å²) in [6, 6.07) is 40.3. The quantitative estimate of drug-likeness (QED) is 0.0233. The second-order valence-corrected chi connectivity index (χ2v) is 16.6. The fraction of sp³-hybridized carbons (Fsp3) is 0.244. The number of halogens is 1. The predicted molar refractivity (Wildman–Crippen MR) is 242 cm³/mol. The van der Waals surface area contributed by atoms with Crippen LogP contribution in [0.15, 0.2) is 144 Å². The summed E-state index contributed by atoms with van der Waals surface area (Å²) < 4.78 is 5.44. The molecule has 0 radical (unpaired) electrons. The van der Waals surface area contributed by atoms with Gasteiger partial charge in [0.15, 0.2) is 0 Å². The van der Waals surface area contributed by atoms with Crippen molar-refractivity contribution in [1.29, 1.82) is 0 Å². The van der Waals surface area contributed by atoms with Gasteiger partial charge in [-0.25, -0.2) is 0 Å². The lowest BCUT2D eigenvalue weighted by Gasteiger charge is -2.25. The van der Waals surface area contributed by atoms with E-state index >= 15 is 0 Å². The molecule has 0 aliphatic carbocycles. The molecule has 10 nitrogen and oxygen atoms in total. The van der Waals surface area contributed by atoms with Gasteiger partial charge in [-0.05, 0) is 109 Å². The van der Waals surface area contributed by atoms with Crippen LogP contribution in [0.1, 0.15) is 12.8 Å². The largest absolute Gasteiger partial charge is 0.394 e. The third-order valence-corrected chi connectivity index (χ3v) is 12.2. The summed E-state index contributed by atoms with van der Waals surface area (Å²) in [5.74, 6) is 0.795. The van der Waals surface area contributed by atoms with Gasteiger partial charge >= 0.3 is 0 Å². The average Bonchev–Trinajstić information content (AvgIpc) is 3.53. The number of benzene rings is 5. The number of thioether (sulfide) groups is 1. The standard InChI is InChI=1S/C45H47ClN6O4S2/c46-35-12-10-33(11-13-35)42-30-49(24-20-39(54)32-53)31-43(42)34-6-4-7-38(28-34)51-23-5-22-50(25-26-51)37-16-14-36(15-17-37)48-58-41-18-19-44(45(29-41)52(55)56)47-21-27-57-40-8-2-1-3-9-40/h1-4,6-19,28-31,39,47-48,53-54H,5,20-27,32H2. The van der Waals surface area contributed by atoms with Crippen LogP contribution < -0.4 is 19.8 Å². The van der Waals surface area contributed by atoms with Gasteiger partial charge < -0.3 is 34.6 Å². The van der Waals surface area contributed by atoms with Crippen LogP contribution >= 0.6 is 35.3 Å². The summed E-state index contributed by atoms with van der Waals surface area (Å²) in [5, 5.41) is 35.2. The van der Waals surface area contributed by atoms with Gasteiger partial charge in [-0.2, -0.15) is 0 Å². The molecule has 1 unspecified atom stereocenters. The van der Waals surface area contributed by atoms with E-state index in [9.17, 15) is 20.3 Å². The predicted octanol–water partition coefficient (Wildman–Crippen LogP) is 10.2. The molecular weight excluding hydrogens is 788 g/mol. The van der Waals surface area contributed by atoms with Gasteiger partial charge in [0.05, 0.1) is 17.6 Å². The third kappa shape index (κ3) is 10.9. The number of nitrogens with zero attached hydrogens (tertiary/aromatic N) is 4. The summed E-state index contributed by atoms with van der Waals surface area (Å²) in [6.07, 6.45) is 4.95. The van der Waals surface area contributed by atoms with Gasteiger partial charge in [0.2, 0.25) is 0 Å². The van der Waals surface area contributed by atoms with E-state index in [0.29, 0.717) is 30.2 Å². The number of aryl methyl sites for hydroxylation is 1. The zero-order valence-corrected chi connectivity index (χ0v) is 34.4. The highest BCUT2D eigenvalue weighted by Crippen LogP contribution is 2.36. The Hall–Kier alpha value is -5.11. The highest BCUT2D eigenvalue weighted by molar-refractivity contribution is 8.00. The van der Waals surface area contributed by atoms with Gasteiger partial charge in [-0.3, -0.25) is 10.1 Å². The summed E-state index contributed by atoms with van der Waals surface area (Å²) in [5.41, 5.74) is 8.18. The Bertz CT molecular complexity index is 2260. The molecule has 300 valence electrons. The smallest absolute Gasteiger partial charge is 0.293 e. The summed E-state index contributed by atoms with van der Waals surface area (Å²) in [4.78, 5) is 18.4. The number of aromatic nitrogens is 1. The first-order chi connectivity index (χ1) is 28.3. The van der Waals surface area contributed by atoms with Crippen molar-refractivity contribution in [1.82, 2.24) is 4.57 Å². The molecule has 0 spiro atoms. The zero-order chi connectivity index (χ0) is 40.3. The number of hydrogen-bond donors (Lipinski definition) is 4. The minimum absolute atomic E-state index is 0.0578. The van der Waals surface area contributed by atoms with Crippen molar-refractivity contribution < 1.29 is 15.1 Å². The van der Waals surface area contributed by atoms with Gasteiger partial charge in [-0.1, -0.05) is 54.1 Å². The van der Waals surface area contributed by atoms with Crippen molar-refractivity contribution in [2.45, 2.75) is 35.3 Å². The molecule has 0 amide bonds. The Labute approximate surface area is 353 Å². The lowest BCUT2D eigenvalue weighted by molar-refractivity contribution is -0.384. The fourth-order valence-corrected chi connectivity index (χ4v) is 8.62. The van der Waals surface area contributed by atoms with Crippen LogP contribution in [0, 0.1) is 10.1 Å². The zero-order valence-electron chi connectivity index (χ0n) is 32.0. The van der Waals surface area contributed by atoms with Crippen LogP contribution in [0.3, 0.4) is 0 Å². The number of nitro groups is 1. The Morgan fingerprint density at radius 2 is 1.50 bits per heavy atom. The number of rotatable bonds is 17. The first kappa shape index (κ1) is 41.1. The second kappa shape index (κ2) is 20.0. The first-order valence-corrected chi connectivity index (χ1v) is 21.6. The fourth-order valence-electron chi connectivity index (χ4n) is 7.02. The summed E-state index contributed by atoms with van der Waals surface area (Å²) >= 11 is 9.29. The van der Waals surface area contributed by atoms with Crippen molar-refractivity contribution in [3.05, 3.63) is 149 Å². The maximum absolute atomic E-state index is 11.9. The monoisotopic (exact) mass is 834 g/mol. The van der Waals surface area contributed by atoms with Crippen LogP contribution in [-0.4, -0.2) is 70.9 Å². The summed E-state index contributed by atoms with van der Waals surface area (Å²) in [6.45, 7) is 4.58. The van der Waals surface area contributed by atoms with E-state index in [-0.39, 0.29) is 17.2 Å². The highest BCUT2D eigenvalue weighted by Gasteiger charge is 2.19. The molecule has 0 saturated carbocycles. The molecule has 5 aromatic carbocycles. The van der Waals surface area contributed by atoms with Gasteiger partial charge in [0.1, 0.15) is 5.69 Å². The van der Waals surface area contributed by atoms with E-state index < -0.39 is 6.10 Å². The maximum atomic E-state index is 11.9. The lowest BCUT2D eigenvalue weighted by atomic mass is 9.98. The molecule has 6 aromatic rings. The Balaban J connectivity index is 0.954. The highest BCUT2D eigenvalue weighted by atomic mass is 35.5. The molecule has 0 bridgehead atoms. The molecule has 58 heavy (non-hydrogen) atoms. The van der Waals surface area contributed by atoms with Crippen LogP contribution in [0.4, 0.5) is 28.4 Å². The number of aliphatic hydroxyl groups excluding tert-OH is 2. The Morgan fingerprint density at radius 3 is 2.22 bits per heavy atom. The van der Waals surface area contributed by atoms with E-state index in [4.69, 9.17) is 11.6 Å². The van der Waals surface area contributed by atoms with E-state index in [1.54, 1.807) is 23.9 Å². The van der Waals surface area contributed by atoms with Crippen molar-refractivity contribution in [2.24, 2.45) is 0 Å². The molecule has 13 heteroatoms. The summed E-state index contributed by atoms with van der Waals surface area (Å²) in [7, 11) is 0. The van der Waals surface area contributed by atoms with Crippen molar-refractivity contribution in [2.75, 3.05) is 64.9 Å².